The van der Waals surface area contributed by atoms with Crippen molar-refractivity contribution < 1.29 is 4.42 Å². The van der Waals surface area contributed by atoms with E-state index in [-0.39, 0.29) is 0 Å². The fraction of sp³-hybridized carbons (Fsp3) is 0.409. The van der Waals surface area contributed by atoms with Gasteiger partial charge in [-0.25, -0.2) is 0 Å². The summed E-state index contributed by atoms with van der Waals surface area (Å²) >= 11 is 1.78. The number of nitrogens with zero attached hydrogens (tertiary/aromatic N) is 2. The summed E-state index contributed by atoms with van der Waals surface area (Å²) in [5.41, 5.74) is 2.38. The topological polar surface area (TPSA) is 52.8 Å². The summed E-state index contributed by atoms with van der Waals surface area (Å²) in [6, 6.07) is 13.0. The number of thiophene rings is 1. The van der Waals surface area contributed by atoms with Crippen LogP contribution in [0.5, 0.6) is 0 Å². The van der Waals surface area contributed by atoms with Crippen LogP contribution < -0.4 is 10.6 Å². The van der Waals surface area contributed by atoms with Gasteiger partial charge in [-0.05, 0) is 47.4 Å². The van der Waals surface area contributed by atoms with Crippen molar-refractivity contribution in [1.29, 1.82) is 0 Å². The number of hydrogen-bond acceptors (Lipinski definition) is 4. The van der Waals surface area contributed by atoms with Crippen molar-refractivity contribution in [3.8, 4) is 0 Å². The highest BCUT2D eigenvalue weighted by molar-refractivity contribution is 7.07. The molecule has 0 spiro atoms. The average Bonchev–Trinajstić information content (AvgIpc) is 3.37. The predicted octanol–water partition coefficient (Wildman–Crippen LogP) is 3.87. The van der Waals surface area contributed by atoms with E-state index in [1.54, 1.807) is 11.3 Å². The van der Waals surface area contributed by atoms with E-state index in [2.05, 4.69) is 49.5 Å². The zero-order chi connectivity index (χ0) is 19.2. The van der Waals surface area contributed by atoms with E-state index < -0.39 is 0 Å². The van der Waals surface area contributed by atoms with E-state index in [0.29, 0.717) is 6.04 Å². The molecule has 3 heterocycles. The van der Waals surface area contributed by atoms with Crippen molar-refractivity contribution in [2.75, 3.05) is 26.7 Å². The Morgan fingerprint density at radius 2 is 2.11 bits per heavy atom. The van der Waals surface area contributed by atoms with Gasteiger partial charge in [-0.15, -0.1) is 0 Å². The number of aliphatic imine (C=N–C) groups is 1. The van der Waals surface area contributed by atoms with Gasteiger partial charge in [-0.3, -0.25) is 9.89 Å². The van der Waals surface area contributed by atoms with Crippen molar-refractivity contribution in [3.63, 3.8) is 0 Å². The Hall–Kier alpha value is -2.31. The zero-order valence-electron chi connectivity index (χ0n) is 16.4. The SMILES string of the molecule is CN=C(NCCc1cc2ccccc2o1)NC1CCN(Cc2ccsc2)CC1. The van der Waals surface area contributed by atoms with Gasteiger partial charge in [0.05, 0.1) is 0 Å². The Kier molecular flexibility index (Phi) is 6.29. The van der Waals surface area contributed by atoms with Gasteiger partial charge < -0.3 is 15.1 Å². The molecule has 2 aromatic heterocycles. The van der Waals surface area contributed by atoms with E-state index in [0.717, 1.165) is 68.1 Å². The van der Waals surface area contributed by atoms with Gasteiger partial charge in [-0.2, -0.15) is 11.3 Å². The lowest BCUT2D eigenvalue weighted by Gasteiger charge is -2.32. The molecule has 1 aliphatic rings. The Bertz CT molecular complexity index is 861. The van der Waals surface area contributed by atoms with Crippen LogP contribution >= 0.6 is 11.3 Å². The molecule has 1 fully saturated rings. The molecule has 2 N–H and O–H groups in total. The average molecular weight is 397 g/mol. The first-order valence-electron chi connectivity index (χ1n) is 9.98. The van der Waals surface area contributed by atoms with Crippen LogP contribution in [-0.2, 0) is 13.0 Å². The number of likely N-dealkylation sites (tertiary alicyclic amines) is 1. The maximum Gasteiger partial charge on any atom is 0.191 e. The van der Waals surface area contributed by atoms with Crippen LogP contribution in [-0.4, -0.2) is 43.6 Å². The van der Waals surface area contributed by atoms with Crippen LogP contribution in [0.3, 0.4) is 0 Å². The number of hydrogen-bond donors (Lipinski definition) is 2. The standard InChI is InChI=1S/C22H28N4OS/c1-23-22(24-10-6-20-14-18-4-2-3-5-21(18)27-20)25-19-7-11-26(12-8-19)15-17-9-13-28-16-17/h2-5,9,13-14,16,19H,6-8,10-12,15H2,1H3,(H2,23,24,25). The Labute approximate surface area is 170 Å². The molecule has 28 heavy (non-hydrogen) atoms. The molecule has 148 valence electrons. The highest BCUT2D eigenvalue weighted by atomic mass is 32.1. The van der Waals surface area contributed by atoms with Crippen LogP contribution in [0.2, 0.25) is 0 Å². The largest absolute Gasteiger partial charge is 0.461 e. The summed E-state index contributed by atoms with van der Waals surface area (Å²) in [7, 11) is 1.84. The summed E-state index contributed by atoms with van der Waals surface area (Å²) < 4.78 is 5.88. The van der Waals surface area contributed by atoms with E-state index >= 15 is 0 Å². The third kappa shape index (κ3) is 4.94. The molecule has 0 radical (unpaired) electrons. The van der Waals surface area contributed by atoms with Gasteiger partial charge in [0.15, 0.2) is 5.96 Å². The summed E-state index contributed by atoms with van der Waals surface area (Å²) in [4.78, 5) is 6.93. The van der Waals surface area contributed by atoms with Gasteiger partial charge in [-0.1, -0.05) is 18.2 Å². The fourth-order valence-electron chi connectivity index (χ4n) is 3.73. The number of piperidine rings is 1. The lowest BCUT2D eigenvalue weighted by Crippen LogP contribution is -2.48. The first kappa shape index (κ1) is 19.0. The minimum atomic E-state index is 0.483. The van der Waals surface area contributed by atoms with Crippen LogP contribution in [0.1, 0.15) is 24.2 Å². The number of para-hydroxylation sites is 1. The molecule has 1 aliphatic heterocycles. The highest BCUT2D eigenvalue weighted by Gasteiger charge is 2.20. The second-order valence-electron chi connectivity index (χ2n) is 7.33. The molecule has 0 unspecified atom stereocenters. The zero-order valence-corrected chi connectivity index (χ0v) is 17.2. The molecule has 0 amide bonds. The molecular formula is C22H28N4OS. The molecule has 5 nitrogen and oxygen atoms in total. The van der Waals surface area contributed by atoms with Gasteiger partial charge in [0, 0.05) is 51.1 Å². The monoisotopic (exact) mass is 396 g/mol. The number of guanidine groups is 1. The summed E-state index contributed by atoms with van der Waals surface area (Å²) in [5, 5.41) is 12.6. The van der Waals surface area contributed by atoms with Crippen molar-refractivity contribution in [2.24, 2.45) is 4.99 Å². The third-order valence-corrected chi connectivity index (χ3v) is 6.01. The molecule has 1 saturated heterocycles. The molecule has 0 aliphatic carbocycles. The second-order valence-corrected chi connectivity index (χ2v) is 8.11. The lowest BCUT2D eigenvalue weighted by atomic mass is 10.0. The number of nitrogens with one attached hydrogen (secondary N) is 2. The smallest absolute Gasteiger partial charge is 0.191 e. The molecule has 1 aromatic carbocycles. The lowest BCUT2D eigenvalue weighted by molar-refractivity contribution is 0.198. The number of rotatable bonds is 6. The van der Waals surface area contributed by atoms with Crippen LogP contribution in [0, 0.1) is 0 Å². The normalized spacial score (nSPS) is 16.5. The van der Waals surface area contributed by atoms with Gasteiger partial charge >= 0.3 is 0 Å². The van der Waals surface area contributed by atoms with Crippen molar-refractivity contribution in [2.45, 2.75) is 31.8 Å². The van der Waals surface area contributed by atoms with Gasteiger partial charge in [0.25, 0.3) is 0 Å². The van der Waals surface area contributed by atoms with Gasteiger partial charge in [0.1, 0.15) is 11.3 Å². The van der Waals surface area contributed by atoms with E-state index in [9.17, 15) is 0 Å². The molecule has 0 atom stereocenters. The van der Waals surface area contributed by atoms with E-state index in [1.165, 1.54) is 5.56 Å². The van der Waals surface area contributed by atoms with Crippen LogP contribution in [0.4, 0.5) is 0 Å². The molecule has 0 bridgehead atoms. The molecule has 4 rings (SSSR count). The Balaban J connectivity index is 1.19. The quantitative estimate of drug-likeness (QED) is 0.491. The Morgan fingerprint density at radius 1 is 1.25 bits per heavy atom. The van der Waals surface area contributed by atoms with E-state index in [1.807, 2.05) is 25.2 Å². The van der Waals surface area contributed by atoms with Crippen molar-refractivity contribution in [3.05, 3.63) is 58.5 Å². The molecule has 0 saturated carbocycles. The number of furan rings is 1. The predicted molar refractivity (Wildman–Crippen MR) is 117 cm³/mol. The number of benzene rings is 1. The number of fused-ring (bicyclic) bond motifs is 1. The van der Waals surface area contributed by atoms with Crippen molar-refractivity contribution in [1.82, 2.24) is 15.5 Å². The minimum Gasteiger partial charge on any atom is -0.461 e. The maximum atomic E-state index is 5.88. The van der Waals surface area contributed by atoms with Gasteiger partial charge in [0.2, 0.25) is 0 Å². The van der Waals surface area contributed by atoms with Crippen LogP contribution in [0.25, 0.3) is 11.0 Å². The second kappa shape index (κ2) is 9.26. The minimum absolute atomic E-state index is 0.483. The molecule has 6 heteroatoms. The highest BCUT2D eigenvalue weighted by Crippen LogP contribution is 2.19. The summed E-state index contributed by atoms with van der Waals surface area (Å²) in [6.45, 7) is 4.13. The van der Waals surface area contributed by atoms with Crippen molar-refractivity contribution >= 4 is 28.3 Å². The first-order chi connectivity index (χ1) is 13.8. The van der Waals surface area contributed by atoms with E-state index in [4.69, 9.17) is 4.42 Å². The third-order valence-electron chi connectivity index (χ3n) is 5.28. The fourth-order valence-corrected chi connectivity index (χ4v) is 4.39. The molecule has 3 aromatic rings. The summed E-state index contributed by atoms with van der Waals surface area (Å²) in [5.74, 6) is 1.89. The first-order valence-corrected chi connectivity index (χ1v) is 10.9. The summed E-state index contributed by atoms with van der Waals surface area (Å²) in [6.07, 6.45) is 3.14. The molecular weight excluding hydrogens is 368 g/mol. The van der Waals surface area contributed by atoms with Crippen LogP contribution in [0.15, 0.2) is 56.6 Å². The Morgan fingerprint density at radius 3 is 2.86 bits per heavy atom. The maximum absolute atomic E-state index is 5.88.